The van der Waals surface area contributed by atoms with Crippen molar-refractivity contribution in [3.63, 3.8) is 0 Å². The average Bonchev–Trinajstić information content (AvgIpc) is 3.28. The molecule has 0 saturated heterocycles. The van der Waals surface area contributed by atoms with Gasteiger partial charge in [-0.15, -0.1) is 0 Å². The molecule has 0 spiro atoms. The summed E-state index contributed by atoms with van der Waals surface area (Å²) in [5.41, 5.74) is 3.00. The minimum Gasteiger partial charge on any atom is -0.454 e. The fourth-order valence-electron chi connectivity index (χ4n) is 4.01. The van der Waals surface area contributed by atoms with E-state index >= 15 is 0 Å². The zero-order chi connectivity index (χ0) is 21.5. The summed E-state index contributed by atoms with van der Waals surface area (Å²) in [4.78, 5) is 16.8. The topological polar surface area (TPSA) is 84.0 Å². The van der Waals surface area contributed by atoms with Crippen LogP contribution in [0.2, 0.25) is 0 Å². The normalized spacial score (nSPS) is 16.1. The number of hydrogen-bond donors (Lipinski definition) is 3. The molecule has 31 heavy (non-hydrogen) atoms. The predicted molar refractivity (Wildman–Crippen MR) is 121 cm³/mol. The maximum Gasteiger partial charge on any atom is 0.231 e. The van der Waals surface area contributed by atoms with E-state index in [1.54, 1.807) is 7.05 Å². The molecule has 7 nitrogen and oxygen atoms in total. The van der Waals surface area contributed by atoms with Crippen molar-refractivity contribution in [1.82, 2.24) is 10.6 Å². The smallest absolute Gasteiger partial charge is 0.231 e. The van der Waals surface area contributed by atoms with Gasteiger partial charge in [-0.2, -0.15) is 0 Å². The van der Waals surface area contributed by atoms with Gasteiger partial charge in [0, 0.05) is 31.7 Å². The second-order valence-electron chi connectivity index (χ2n) is 7.99. The molecule has 1 saturated carbocycles. The summed E-state index contributed by atoms with van der Waals surface area (Å²) in [6.07, 6.45) is 5.55. The van der Waals surface area contributed by atoms with Crippen molar-refractivity contribution in [1.29, 1.82) is 0 Å². The van der Waals surface area contributed by atoms with Gasteiger partial charge >= 0.3 is 0 Å². The first-order valence-electron chi connectivity index (χ1n) is 10.9. The van der Waals surface area contributed by atoms with E-state index in [9.17, 15) is 4.79 Å². The number of amides is 1. The Labute approximate surface area is 183 Å². The highest BCUT2D eigenvalue weighted by Gasteiger charge is 2.21. The van der Waals surface area contributed by atoms with Crippen LogP contribution in [0.25, 0.3) is 0 Å². The highest BCUT2D eigenvalue weighted by atomic mass is 16.7. The Morgan fingerprint density at radius 3 is 2.48 bits per heavy atom. The molecule has 1 aliphatic heterocycles. The molecule has 3 N–H and O–H groups in total. The highest BCUT2D eigenvalue weighted by Crippen LogP contribution is 2.32. The molecule has 4 rings (SSSR count). The van der Waals surface area contributed by atoms with Gasteiger partial charge in [-0.05, 0) is 48.2 Å². The Balaban J connectivity index is 1.27. The molecule has 7 heteroatoms. The van der Waals surface area contributed by atoms with E-state index in [2.05, 4.69) is 20.9 Å². The van der Waals surface area contributed by atoms with Crippen LogP contribution < -0.4 is 25.4 Å². The summed E-state index contributed by atoms with van der Waals surface area (Å²) in [6.45, 7) is 1.50. The third-order valence-electron chi connectivity index (χ3n) is 5.75. The predicted octanol–water partition coefficient (Wildman–Crippen LogP) is 3.80. The lowest BCUT2D eigenvalue weighted by molar-refractivity contribution is -0.120. The second kappa shape index (κ2) is 10.2. The summed E-state index contributed by atoms with van der Waals surface area (Å²) in [5.74, 6) is 2.55. The van der Waals surface area contributed by atoms with Crippen LogP contribution in [-0.4, -0.2) is 25.7 Å². The molecule has 0 atom stereocenters. The van der Waals surface area contributed by atoms with Crippen molar-refractivity contribution in [2.24, 2.45) is 10.9 Å². The lowest BCUT2D eigenvalue weighted by Crippen LogP contribution is -2.36. The molecule has 1 aliphatic carbocycles. The van der Waals surface area contributed by atoms with Gasteiger partial charge in [-0.3, -0.25) is 9.79 Å². The monoisotopic (exact) mass is 422 g/mol. The highest BCUT2D eigenvalue weighted by molar-refractivity contribution is 5.92. The Bertz CT molecular complexity index is 938. The molecule has 2 aromatic carbocycles. The molecular weight excluding hydrogens is 392 g/mol. The van der Waals surface area contributed by atoms with Crippen LogP contribution in [0.5, 0.6) is 11.5 Å². The van der Waals surface area contributed by atoms with E-state index in [-0.39, 0.29) is 18.6 Å². The summed E-state index contributed by atoms with van der Waals surface area (Å²) >= 11 is 0. The molecule has 2 aliphatic rings. The molecular formula is C24H30N4O3. The van der Waals surface area contributed by atoms with E-state index < -0.39 is 0 Å². The van der Waals surface area contributed by atoms with Crippen LogP contribution in [0.15, 0.2) is 47.5 Å². The lowest BCUT2D eigenvalue weighted by Gasteiger charge is -2.21. The molecule has 0 aromatic heterocycles. The number of aliphatic imine (C=N–C) groups is 1. The summed E-state index contributed by atoms with van der Waals surface area (Å²) in [5, 5.41) is 9.72. The van der Waals surface area contributed by atoms with Crippen LogP contribution in [0, 0.1) is 5.92 Å². The van der Waals surface area contributed by atoms with Gasteiger partial charge in [0.15, 0.2) is 17.5 Å². The minimum absolute atomic E-state index is 0.144. The first-order chi connectivity index (χ1) is 15.2. The number of nitrogens with zero attached hydrogens (tertiary/aromatic N) is 1. The third kappa shape index (κ3) is 5.69. The maximum atomic E-state index is 12.5. The molecule has 1 amide bonds. The maximum absolute atomic E-state index is 12.5. The van der Waals surface area contributed by atoms with Gasteiger partial charge in [0.2, 0.25) is 12.7 Å². The number of carbonyl (C=O) groups is 1. The molecule has 0 bridgehead atoms. The Morgan fingerprint density at radius 2 is 1.71 bits per heavy atom. The Hall–Kier alpha value is -3.22. The van der Waals surface area contributed by atoms with E-state index in [0.717, 1.165) is 54.0 Å². The van der Waals surface area contributed by atoms with E-state index in [0.29, 0.717) is 19.0 Å². The van der Waals surface area contributed by atoms with Crippen molar-refractivity contribution in [2.75, 3.05) is 19.2 Å². The number of benzene rings is 2. The fourth-order valence-corrected chi connectivity index (χ4v) is 4.01. The second-order valence-corrected chi connectivity index (χ2v) is 7.99. The quantitative estimate of drug-likeness (QED) is 0.487. The van der Waals surface area contributed by atoms with Crippen molar-refractivity contribution >= 4 is 17.6 Å². The van der Waals surface area contributed by atoms with Gasteiger partial charge in [0.05, 0.1) is 0 Å². The van der Waals surface area contributed by atoms with Crippen molar-refractivity contribution < 1.29 is 14.3 Å². The standard InChI is InChI=1S/C24H30N4O3/c1-25-24(27-15-18-10-11-21-22(13-18)31-16-30-21)26-14-17-6-5-9-20(12-17)28-23(29)19-7-3-2-4-8-19/h5-6,9-13,19H,2-4,7-8,14-16H2,1H3,(H,28,29)(H2,25,26,27). The lowest BCUT2D eigenvalue weighted by atomic mass is 9.88. The number of rotatable bonds is 6. The third-order valence-corrected chi connectivity index (χ3v) is 5.75. The minimum atomic E-state index is 0.144. The molecule has 0 radical (unpaired) electrons. The number of carbonyl (C=O) groups excluding carboxylic acids is 1. The van der Waals surface area contributed by atoms with Crippen LogP contribution in [-0.2, 0) is 17.9 Å². The number of ether oxygens (including phenoxy) is 2. The Kier molecular flexibility index (Phi) is 6.92. The number of nitrogens with one attached hydrogen (secondary N) is 3. The molecule has 1 fully saturated rings. The van der Waals surface area contributed by atoms with E-state index in [1.165, 1.54) is 6.42 Å². The number of guanidine groups is 1. The zero-order valence-electron chi connectivity index (χ0n) is 17.9. The van der Waals surface area contributed by atoms with Gasteiger partial charge in [0.1, 0.15) is 0 Å². The molecule has 1 heterocycles. The Morgan fingerprint density at radius 1 is 0.968 bits per heavy atom. The summed E-state index contributed by atoms with van der Waals surface area (Å²) in [7, 11) is 1.75. The van der Waals surface area contributed by atoms with Crippen LogP contribution in [0.3, 0.4) is 0 Å². The SMILES string of the molecule is CN=C(NCc1cccc(NC(=O)C2CCCCC2)c1)NCc1ccc2c(c1)OCO2. The number of anilines is 1. The first kappa shape index (κ1) is 21.0. The number of hydrogen-bond acceptors (Lipinski definition) is 4. The fraction of sp³-hybridized carbons (Fsp3) is 0.417. The van der Waals surface area contributed by atoms with E-state index in [4.69, 9.17) is 9.47 Å². The van der Waals surface area contributed by atoms with Gasteiger partial charge in [0.25, 0.3) is 0 Å². The molecule has 2 aromatic rings. The molecule has 164 valence electrons. The summed E-state index contributed by atoms with van der Waals surface area (Å²) in [6, 6.07) is 13.9. The molecule has 0 unspecified atom stereocenters. The first-order valence-corrected chi connectivity index (χ1v) is 10.9. The summed E-state index contributed by atoms with van der Waals surface area (Å²) < 4.78 is 10.8. The largest absolute Gasteiger partial charge is 0.454 e. The number of fused-ring (bicyclic) bond motifs is 1. The van der Waals surface area contributed by atoms with Gasteiger partial charge in [-0.25, -0.2) is 0 Å². The van der Waals surface area contributed by atoms with Crippen LogP contribution >= 0.6 is 0 Å². The van der Waals surface area contributed by atoms with Gasteiger partial charge in [-0.1, -0.05) is 37.5 Å². The zero-order valence-corrected chi connectivity index (χ0v) is 17.9. The van der Waals surface area contributed by atoms with Crippen molar-refractivity contribution in [2.45, 2.75) is 45.2 Å². The van der Waals surface area contributed by atoms with Crippen molar-refractivity contribution in [3.05, 3.63) is 53.6 Å². The van der Waals surface area contributed by atoms with E-state index in [1.807, 2.05) is 42.5 Å². The van der Waals surface area contributed by atoms with Crippen LogP contribution in [0.4, 0.5) is 5.69 Å². The van der Waals surface area contributed by atoms with Gasteiger partial charge < -0.3 is 25.4 Å². The average molecular weight is 423 g/mol. The van der Waals surface area contributed by atoms with Crippen LogP contribution in [0.1, 0.15) is 43.2 Å². The van der Waals surface area contributed by atoms with Crippen molar-refractivity contribution in [3.8, 4) is 11.5 Å².